The number of carbonyl (C=O) groups is 1. The van der Waals surface area contributed by atoms with E-state index in [4.69, 9.17) is 16.3 Å². The number of halogens is 1. The number of hydrogen-bond acceptors (Lipinski definition) is 5. The molecule has 2 N–H and O–H groups in total. The number of nitrogens with zero attached hydrogens (tertiary/aromatic N) is 1. The highest BCUT2D eigenvalue weighted by Crippen LogP contribution is 2.42. The quantitative estimate of drug-likeness (QED) is 0.393. The minimum Gasteiger partial charge on any atom is -0.493 e. The fourth-order valence-corrected chi connectivity index (χ4v) is 8.42. The normalized spacial score (nSPS) is 33.9. The summed E-state index contributed by atoms with van der Waals surface area (Å²) in [5, 5.41) is 11.7. The molecule has 2 bridgehead atoms. The summed E-state index contributed by atoms with van der Waals surface area (Å²) in [7, 11) is 0.718. The van der Waals surface area contributed by atoms with Crippen molar-refractivity contribution in [2.45, 2.75) is 82.0 Å². The van der Waals surface area contributed by atoms with Crippen molar-refractivity contribution in [3.8, 4) is 5.75 Å². The molecule has 0 aromatic heterocycles. The average molecular weight is 601 g/mol. The summed E-state index contributed by atoms with van der Waals surface area (Å²) in [5.41, 5.74) is 2.88. The molecule has 0 saturated heterocycles. The molecule has 1 saturated carbocycles. The molecule has 224 valence electrons. The Morgan fingerprint density at radius 3 is 2.59 bits per heavy atom. The Bertz CT molecular complexity index is 1240. The van der Waals surface area contributed by atoms with Gasteiger partial charge in [-0.15, -0.1) is 0 Å². The van der Waals surface area contributed by atoms with Gasteiger partial charge in [-0.05, 0) is 124 Å². The Kier molecular flexibility index (Phi) is 9.79. The fourth-order valence-electron chi connectivity index (χ4n) is 7.18. The van der Waals surface area contributed by atoms with Crippen LogP contribution in [0.25, 0.3) is 0 Å². The monoisotopic (exact) mass is 600 g/mol. The molecule has 0 radical (unpaired) electrons. The van der Waals surface area contributed by atoms with Crippen molar-refractivity contribution in [3.05, 3.63) is 64.2 Å². The van der Waals surface area contributed by atoms with Gasteiger partial charge in [-0.2, -0.15) is 0 Å². The molecule has 7 atom stereocenters. The molecule has 1 spiro atoms. The van der Waals surface area contributed by atoms with Gasteiger partial charge in [0.05, 0.1) is 18.0 Å². The molecular formula is C33H45ClN2O4S. The molecule has 2 aromatic carbocycles. The molecule has 1 amide bonds. The maximum absolute atomic E-state index is 12.9. The van der Waals surface area contributed by atoms with Gasteiger partial charge in [0.1, 0.15) is 16.7 Å². The minimum absolute atomic E-state index is 0.168. The van der Waals surface area contributed by atoms with Crippen LogP contribution in [-0.4, -0.2) is 58.2 Å². The van der Waals surface area contributed by atoms with E-state index in [1.54, 1.807) is 12.1 Å². The lowest BCUT2D eigenvalue weighted by atomic mass is 9.68. The summed E-state index contributed by atoms with van der Waals surface area (Å²) in [6, 6.07) is 13.4. The Morgan fingerprint density at radius 2 is 1.85 bits per heavy atom. The number of hydrogen-bond donors (Lipinski definition) is 2. The van der Waals surface area contributed by atoms with Crippen molar-refractivity contribution in [1.29, 1.82) is 0 Å². The third-order valence-electron chi connectivity index (χ3n) is 9.95. The van der Waals surface area contributed by atoms with Gasteiger partial charge >= 0.3 is 0 Å². The van der Waals surface area contributed by atoms with Gasteiger partial charge < -0.3 is 14.7 Å². The third-order valence-corrected chi connectivity index (χ3v) is 11.7. The summed E-state index contributed by atoms with van der Waals surface area (Å²) in [6.45, 7) is 6.35. The van der Waals surface area contributed by atoms with E-state index >= 15 is 0 Å². The number of benzene rings is 2. The zero-order valence-corrected chi connectivity index (χ0v) is 26.2. The highest BCUT2D eigenvalue weighted by atomic mass is 35.5. The van der Waals surface area contributed by atoms with Gasteiger partial charge in [-0.1, -0.05) is 31.0 Å². The van der Waals surface area contributed by atoms with Gasteiger partial charge in [0.25, 0.3) is 5.91 Å². The predicted octanol–water partition coefficient (Wildman–Crippen LogP) is 5.91. The molecule has 1 fully saturated rings. The van der Waals surface area contributed by atoms with E-state index in [2.05, 4.69) is 35.7 Å². The second-order valence-electron chi connectivity index (χ2n) is 12.9. The first-order valence-corrected chi connectivity index (χ1v) is 16.8. The maximum Gasteiger partial charge on any atom is 0.262 e. The van der Waals surface area contributed by atoms with E-state index < -0.39 is 11.0 Å². The van der Waals surface area contributed by atoms with Crippen LogP contribution < -0.4 is 9.46 Å². The summed E-state index contributed by atoms with van der Waals surface area (Å²) in [4.78, 5) is 15.3. The minimum atomic E-state index is -1.49. The van der Waals surface area contributed by atoms with Crippen LogP contribution in [0.1, 0.15) is 80.3 Å². The van der Waals surface area contributed by atoms with Gasteiger partial charge in [-0.3, -0.25) is 9.52 Å². The van der Waals surface area contributed by atoms with Crippen LogP contribution in [0.3, 0.4) is 0 Å². The summed E-state index contributed by atoms with van der Waals surface area (Å²) in [5.74, 6) is 1.35. The lowest BCUT2D eigenvalue weighted by molar-refractivity contribution is -0.00951. The number of aliphatic hydroxyl groups excluding tert-OH is 1. The first-order chi connectivity index (χ1) is 19.6. The Morgan fingerprint density at radius 1 is 1.07 bits per heavy atom. The summed E-state index contributed by atoms with van der Waals surface area (Å²) < 4.78 is 22.1. The number of aryl methyl sites for hydroxylation is 1. The smallest absolute Gasteiger partial charge is 0.262 e. The van der Waals surface area contributed by atoms with E-state index in [1.165, 1.54) is 11.1 Å². The lowest BCUT2D eigenvalue weighted by Crippen LogP contribution is -2.49. The number of carbonyl (C=O) groups excluding carboxylic acids is 1. The highest BCUT2D eigenvalue weighted by molar-refractivity contribution is 7.84. The number of ether oxygens (including phenoxy) is 1. The standard InChI is InChI=1S/C33H45ClN2O4S/c1-22-6-4-8-31(37)29-15-11-26(29)19-36(3)20-33(17-5-7-25-18-27(34)12-16-30(25)33)21-40-28-13-9-24(10-14-28)32(38)35-41(39)23(22)2/h9-10,12-14,16,18,22-23,26,29,31,37H,4-8,11,15,17,19-21H2,1-3H3,(H,35,38)/t22?,23?,26?,29?,31?,33-,41?/m0/s1. The number of fused-ring (bicyclic) bond motifs is 14. The fraction of sp³-hybridized carbons (Fsp3) is 0.606. The Labute approximate surface area is 252 Å². The predicted molar refractivity (Wildman–Crippen MR) is 166 cm³/mol. The topological polar surface area (TPSA) is 78.9 Å². The largest absolute Gasteiger partial charge is 0.493 e. The van der Waals surface area contributed by atoms with E-state index in [0.29, 0.717) is 29.8 Å². The molecule has 2 aliphatic carbocycles. The second-order valence-corrected chi connectivity index (χ2v) is 14.8. The van der Waals surface area contributed by atoms with E-state index in [9.17, 15) is 14.1 Å². The van der Waals surface area contributed by atoms with Gasteiger partial charge in [0, 0.05) is 29.1 Å². The van der Waals surface area contributed by atoms with E-state index in [-0.39, 0.29) is 28.6 Å². The van der Waals surface area contributed by atoms with Crippen molar-refractivity contribution in [1.82, 2.24) is 9.62 Å². The number of amides is 1. The maximum atomic E-state index is 12.9. The third kappa shape index (κ3) is 7.01. The van der Waals surface area contributed by atoms with Crippen molar-refractivity contribution in [2.75, 3.05) is 26.7 Å². The van der Waals surface area contributed by atoms with E-state index in [0.717, 1.165) is 69.5 Å². The van der Waals surface area contributed by atoms with Gasteiger partial charge in [0.2, 0.25) is 0 Å². The molecule has 6 unspecified atom stereocenters. The molecule has 2 heterocycles. The number of likely N-dealkylation sites (N-methyl/N-ethyl adjacent to an activating group) is 1. The van der Waals surface area contributed by atoms with Crippen LogP contribution in [0.5, 0.6) is 5.75 Å². The molecule has 41 heavy (non-hydrogen) atoms. The Balaban J connectivity index is 1.41. The molecule has 6 nitrogen and oxygen atoms in total. The van der Waals surface area contributed by atoms with Crippen LogP contribution in [-0.2, 0) is 22.8 Å². The SMILES string of the molecule is CC1CCCC(O)C2CCC2CN(C)C[C@@]2(CCCc3cc(Cl)ccc32)COc2ccc(cc2)C(=O)NS(=O)C1C. The number of rotatable bonds is 0. The van der Waals surface area contributed by atoms with Crippen LogP contribution in [0.2, 0.25) is 5.02 Å². The van der Waals surface area contributed by atoms with Crippen molar-refractivity contribution in [3.63, 3.8) is 0 Å². The molecule has 2 aliphatic heterocycles. The first kappa shape index (κ1) is 30.5. The number of aliphatic hydroxyl groups is 1. The Hall–Kier alpha value is -1.93. The van der Waals surface area contributed by atoms with Gasteiger partial charge in [-0.25, -0.2) is 4.21 Å². The molecule has 8 heteroatoms. The molecule has 4 aliphatic rings. The highest BCUT2D eigenvalue weighted by Gasteiger charge is 2.41. The van der Waals surface area contributed by atoms with Crippen LogP contribution in [0, 0.1) is 17.8 Å². The zero-order chi connectivity index (χ0) is 29.1. The lowest BCUT2D eigenvalue weighted by Gasteiger charge is -2.45. The van der Waals surface area contributed by atoms with Crippen LogP contribution in [0.4, 0.5) is 0 Å². The number of nitrogens with one attached hydrogen (secondary N) is 1. The average Bonchev–Trinajstić information content (AvgIpc) is 2.93. The summed E-state index contributed by atoms with van der Waals surface area (Å²) in [6.07, 6.45) is 7.55. The first-order valence-electron chi connectivity index (χ1n) is 15.2. The second kappa shape index (κ2) is 13.2. The van der Waals surface area contributed by atoms with Gasteiger partial charge in [0.15, 0.2) is 0 Å². The van der Waals surface area contributed by atoms with Crippen LogP contribution >= 0.6 is 11.6 Å². The van der Waals surface area contributed by atoms with Crippen molar-refractivity contribution in [2.24, 2.45) is 17.8 Å². The zero-order valence-electron chi connectivity index (χ0n) is 24.6. The van der Waals surface area contributed by atoms with Crippen molar-refractivity contribution >= 4 is 28.5 Å². The van der Waals surface area contributed by atoms with E-state index in [1.807, 2.05) is 25.1 Å². The molecule has 2 aromatic rings. The molecular weight excluding hydrogens is 556 g/mol. The molecule has 6 rings (SSSR count). The van der Waals surface area contributed by atoms with Crippen LogP contribution in [0.15, 0.2) is 42.5 Å². The summed E-state index contributed by atoms with van der Waals surface area (Å²) >= 11 is 6.40. The van der Waals surface area contributed by atoms with Crippen molar-refractivity contribution < 1.29 is 18.8 Å².